The van der Waals surface area contributed by atoms with Crippen molar-refractivity contribution in [1.29, 1.82) is 5.26 Å². The lowest BCUT2D eigenvalue weighted by Gasteiger charge is -2.31. The third kappa shape index (κ3) is 4.20. The van der Waals surface area contributed by atoms with E-state index < -0.39 is 0 Å². The Bertz CT molecular complexity index is 510. The van der Waals surface area contributed by atoms with Crippen molar-refractivity contribution in [3.05, 3.63) is 29.3 Å². The van der Waals surface area contributed by atoms with E-state index in [1.54, 1.807) is 7.11 Å². The Hall–Kier alpha value is -1.57. The van der Waals surface area contributed by atoms with Gasteiger partial charge in [-0.2, -0.15) is 5.26 Å². The molecule has 4 heteroatoms. The number of nitrogens with zero attached hydrogens (tertiary/aromatic N) is 2. The summed E-state index contributed by atoms with van der Waals surface area (Å²) >= 11 is 0. The van der Waals surface area contributed by atoms with Gasteiger partial charge in [-0.05, 0) is 43.5 Å². The highest BCUT2D eigenvalue weighted by Gasteiger charge is 2.24. The van der Waals surface area contributed by atoms with Crippen molar-refractivity contribution >= 4 is 0 Å². The zero-order chi connectivity index (χ0) is 15.2. The van der Waals surface area contributed by atoms with Gasteiger partial charge in [-0.25, -0.2) is 0 Å². The normalized spacial score (nSPS) is 22.0. The fourth-order valence-electron chi connectivity index (χ4n) is 3.12. The molecule has 0 aromatic heterocycles. The van der Waals surface area contributed by atoms with Crippen LogP contribution in [-0.2, 0) is 6.54 Å². The van der Waals surface area contributed by atoms with Gasteiger partial charge < -0.3 is 14.7 Å². The second kappa shape index (κ2) is 7.44. The summed E-state index contributed by atoms with van der Waals surface area (Å²) in [5.74, 6) is 0.990. The van der Waals surface area contributed by atoms with E-state index in [0.717, 1.165) is 37.9 Å². The fraction of sp³-hybridized carbons (Fsp3) is 0.588. The van der Waals surface area contributed by atoms with Gasteiger partial charge in [-0.1, -0.05) is 18.9 Å². The molecule has 0 spiro atoms. The van der Waals surface area contributed by atoms with Gasteiger partial charge in [-0.3, -0.25) is 0 Å². The van der Waals surface area contributed by atoms with Gasteiger partial charge >= 0.3 is 0 Å². The molecule has 1 saturated carbocycles. The van der Waals surface area contributed by atoms with Crippen molar-refractivity contribution in [2.45, 2.75) is 38.3 Å². The van der Waals surface area contributed by atoms with Crippen molar-refractivity contribution in [3.8, 4) is 11.8 Å². The Morgan fingerprint density at radius 3 is 2.81 bits per heavy atom. The first-order chi connectivity index (χ1) is 10.1. The van der Waals surface area contributed by atoms with Gasteiger partial charge in [0.05, 0.1) is 18.8 Å². The van der Waals surface area contributed by atoms with E-state index in [9.17, 15) is 5.11 Å². The van der Waals surface area contributed by atoms with Gasteiger partial charge in [0.1, 0.15) is 11.8 Å². The van der Waals surface area contributed by atoms with Gasteiger partial charge in [-0.15, -0.1) is 0 Å². The predicted molar refractivity (Wildman–Crippen MR) is 82.0 cm³/mol. The fourth-order valence-corrected chi connectivity index (χ4v) is 3.12. The molecule has 1 N–H and O–H groups in total. The molecule has 21 heavy (non-hydrogen) atoms. The minimum absolute atomic E-state index is 0.160. The van der Waals surface area contributed by atoms with Crippen LogP contribution in [0.3, 0.4) is 0 Å². The molecule has 0 saturated heterocycles. The molecule has 114 valence electrons. The van der Waals surface area contributed by atoms with E-state index in [0.29, 0.717) is 17.2 Å². The third-order valence-electron chi connectivity index (χ3n) is 4.25. The van der Waals surface area contributed by atoms with Crippen LogP contribution >= 0.6 is 0 Å². The summed E-state index contributed by atoms with van der Waals surface area (Å²) in [5.41, 5.74) is 1.67. The quantitative estimate of drug-likeness (QED) is 0.904. The summed E-state index contributed by atoms with van der Waals surface area (Å²) in [7, 11) is 3.64. The molecule has 1 aromatic rings. The predicted octanol–water partition coefficient (Wildman–Crippen LogP) is 2.55. The first kappa shape index (κ1) is 15.8. The lowest BCUT2D eigenvalue weighted by Crippen LogP contribution is -2.34. The highest BCUT2D eigenvalue weighted by molar-refractivity contribution is 5.45. The van der Waals surface area contributed by atoms with Crippen LogP contribution in [0.15, 0.2) is 18.2 Å². The van der Waals surface area contributed by atoms with Crippen LogP contribution in [-0.4, -0.2) is 36.8 Å². The molecule has 4 nitrogen and oxygen atoms in total. The van der Waals surface area contributed by atoms with E-state index >= 15 is 0 Å². The average Bonchev–Trinajstić information content (AvgIpc) is 2.49. The topological polar surface area (TPSA) is 56.5 Å². The van der Waals surface area contributed by atoms with Crippen molar-refractivity contribution in [2.75, 3.05) is 20.7 Å². The second-order valence-electron chi connectivity index (χ2n) is 5.96. The Balaban J connectivity index is 1.96. The van der Waals surface area contributed by atoms with E-state index in [1.807, 2.05) is 18.2 Å². The maximum Gasteiger partial charge on any atom is 0.136 e. The number of ether oxygens (including phenoxy) is 1. The Labute approximate surface area is 127 Å². The summed E-state index contributed by atoms with van der Waals surface area (Å²) in [6.45, 7) is 1.68. The number of nitriles is 1. The molecule has 1 aromatic carbocycles. The Morgan fingerprint density at radius 2 is 2.14 bits per heavy atom. The molecular weight excluding hydrogens is 264 g/mol. The Kier molecular flexibility index (Phi) is 5.60. The summed E-state index contributed by atoms with van der Waals surface area (Å²) in [4.78, 5) is 2.22. The van der Waals surface area contributed by atoms with Gasteiger partial charge in [0, 0.05) is 13.1 Å². The van der Waals surface area contributed by atoms with Crippen LogP contribution in [0.1, 0.15) is 36.8 Å². The van der Waals surface area contributed by atoms with Crippen LogP contribution in [0.25, 0.3) is 0 Å². The SMILES string of the molecule is COc1ccc(CN(C)CC2CCCCC2O)cc1C#N. The number of benzene rings is 1. The van der Waals surface area contributed by atoms with Gasteiger partial charge in [0.15, 0.2) is 0 Å². The van der Waals surface area contributed by atoms with Crippen LogP contribution in [0, 0.1) is 17.2 Å². The van der Waals surface area contributed by atoms with E-state index in [4.69, 9.17) is 10.00 Å². The molecule has 2 atom stereocenters. The lowest BCUT2D eigenvalue weighted by molar-refractivity contribution is 0.0502. The molecule has 1 aliphatic rings. The highest BCUT2D eigenvalue weighted by atomic mass is 16.5. The van der Waals surface area contributed by atoms with Crippen LogP contribution in [0.5, 0.6) is 5.75 Å². The molecule has 0 heterocycles. The van der Waals surface area contributed by atoms with Crippen molar-refractivity contribution in [1.82, 2.24) is 4.90 Å². The molecule has 2 rings (SSSR count). The molecule has 1 aliphatic carbocycles. The molecule has 0 bridgehead atoms. The number of methoxy groups -OCH3 is 1. The van der Waals surface area contributed by atoms with E-state index in [1.165, 1.54) is 6.42 Å². The summed E-state index contributed by atoms with van der Waals surface area (Å²) in [6.07, 6.45) is 4.24. The van der Waals surface area contributed by atoms with Crippen molar-refractivity contribution in [2.24, 2.45) is 5.92 Å². The molecule has 0 radical (unpaired) electrons. The lowest BCUT2D eigenvalue weighted by atomic mass is 9.86. The maximum atomic E-state index is 10.0. The first-order valence-electron chi connectivity index (χ1n) is 7.57. The smallest absolute Gasteiger partial charge is 0.136 e. The number of hydrogen-bond donors (Lipinski definition) is 1. The number of rotatable bonds is 5. The molecule has 1 fully saturated rings. The van der Waals surface area contributed by atoms with Gasteiger partial charge in [0.2, 0.25) is 0 Å². The number of hydrogen-bond acceptors (Lipinski definition) is 4. The summed E-state index contributed by atoms with van der Waals surface area (Å²) in [5, 5.41) is 19.2. The van der Waals surface area contributed by atoms with Crippen LogP contribution in [0.4, 0.5) is 0 Å². The average molecular weight is 288 g/mol. The highest BCUT2D eigenvalue weighted by Crippen LogP contribution is 2.25. The third-order valence-corrected chi connectivity index (χ3v) is 4.25. The second-order valence-corrected chi connectivity index (χ2v) is 5.96. The van der Waals surface area contributed by atoms with Crippen molar-refractivity contribution < 1.29 is 9.84 Å². The minimum atomic E-state index is -0.160. The monoisotopic (exact) mass is 288 g/mol. The maximum absolute atomic E-state index is 10.0. The minimum Gasteiger partial charge on any atom is -0.495 e. The van der Waals surface area contributed by atoms with Crippen molar-refractivity contribution in [3.63, 3.8) is 0 Å². The number of aliphatic hydroxyl groups is 1. The summed E-state index contributed by atoms with van der Waals surface area (Å²) < 4.78 is 5.16. The standard InChI is InChI=1S/C17H24N2O2/c1-19(12-14-5-3-4-6-16(14)20)11-13-7-8-17(21-2)15(9-13)10-18/h7-9,14,16,20H,3-6,11-12H2,1-2H3. The first-order valence-corrected chi connectivity index (χ1v) is 7.57. The zero-order valence-corrected chi connectivity index (χ0v) is 12.9. The molecule has 0 amide bonds. The largest absolute Gasteiger partial charge is 0.495 e. The van der Waals surface area contributed by atoms with E-state index in [2.05, 4.69) is 18.0 Å². The number of aliphatic hydroxyl groups excluding tert-OH is 1. The molecule has 0 aliphatic heterocycles. The van der Waals surface area contributed by atoms with Crippen LogP contribution in [0.2, 0.25) is 0 Å². The zero-order valence-electron chi connectivity index (χ0n) is 12.9. The Morgan fingerprint density at radius 1 is 1.38 bits per heavy atom. The van der Waals surface area contributed by atoms with E-state index in [-0.39, 0.29) is 6.10 Å². The van der Waals surface area contributed by atoms with Gasteiger partial charge in [0.25, 0.3) is 0 Å². The molecular formula is C17H24N2O2. The molecule has 2 unspecified atom stereocenters. The summed E-state index contributed by atoms with van der Waals surface area (Å²) in [6, 6.07) is 7.88. The van der Waals surface area contributed by atoms with Crippen LogP contribution < -0.4 is 4.74 Å².